The van der Waals surface area contributed by atoms with Crippen LogP contribution in [0.15, 0.2) is 0 Å². The number of hydrogen-bond donors (Lipinski definition) is 2. The van der Waals surface area contributed by atoms with Crippen LogP contribution >= 0.6 is 11.6 Å². The molecule has 2 atom stereocenters. The molecule has 0 aromatic carbocycles. The second kappa shape index (κ2) is 8.38. The summed E-state index contributed by atoms with van der Waals surface area (Å²) < 4.78 is 5.47. The summed E-state index contributed by atoms with van der Waals surface area (Å²) in [6.07, 6.45) is 6.02. The van der Waals surface area contributed by atoms with E-state index in [1.807, 2.05) is 0 Å². The molecule has 2 N–H and O–H groups in total. The zero-order valence-electron chi connectivity index (χ0n) is 15.6. The summed E-state index contributed by atoms with van der Waals surface area (Å²) in [5.41, 5.74) is 0.459. The summed E-state index contributed by atoms with van der Waals surface area (Å²) >= 11 is 6.32. The molecule has 142 valence electrons. The first-order chi connectivity index (χ1) is 12.0. The average Bonchev–Trinajstić information content (AvgIpc) is 2.97. The van der Waals surface area contributed by atoms with Crippen molar-refractivity contribution in [2.75, 3.05) is 26.3 Å². The van der Waals surface area contributed by atoms with E-state index >= 15 is 0 Å². The van der Waals surface area contributed by atoms with Gasteiger partial charge in [0.25, 0.3) is 0 Å². The molecular weight excluding hydrogens is 338 g/mol. The second-order valence-corrected chi connectivity index (χ2v) is 8.18. The van der Waals surface area contributed by atoms with E-state index in [2.05, 4.69) is 28.7 Å². The van der Waals surface area contributed by atoms with Gasteiger partial charge in [-0.15, -0.1) is 0 Å². The number of aliphatic hydroxyl groups is 1. The number of piperidine rings is 1. The maximum atomic E-state index is 11.3. The Morgan fingerprint density at radius 3 is 2.84 bits per heavy atom. The smallest absolute Gasteiger partial charge is 0.151 e. The first-order valence-electron chi connectivity index (χ1n) is 9.78. The summed E-state index contributed by atoms with van der Waals surface area (Å²) in [4.78, 5) is 10.2. The highest BCUT2D eigenvalue weighted by Crippen LogP contribution is 2.39. The predicted molar refractivity (Wildman–Crippen MR) is 99.8 cm³/mol. The van der Waals surface area contributed by atoms with Gasteiger partial charge in [-0.3, -0.25) is 4.90 Å². The van der Waals surface area contributed by atoms with Crippen molar-refractivity contribution in [2.45, 2.75) is 64.5 Å². The first-order valence-corrected chi connectivity index (χ1v) is 10.2. The van der Waals surface area contributed by atoms with Crippen molar-refractivity contribution in [3.8, 4) is 0 Å². The van der Waals surface area contributed by atoms with E-state index in [4.69, 9.17) is 16.3 Å². The van der Waals surface area contributed by atoms with Crippen LogP contribution < -0.4 is 0 Å². The van der Waals surface area contributed by atoms with Gasteiger partial charge in [0.2, 0.25) is 0 Å². The van der Waals surface area contributed by atoms with Gasteiger partial charge < -0.3 is 14.8 Å². The van der Waals surface area contributed by atoms with Crippen LogP contribution in [0.3, 0.4) is 0 Å². The largest absolute Gasteiger partial charge is 0.389 e. The molecule has 0 unspecified atom stereocenters. The molecule has 0 amide bonds. The molecule has 3 rings (SSSR count). The SMILES string of the molecule is CCCCc1nc(Cl)c(CN2CC[C@@](O)(C3CCOCC3)[C@H](C)C2)[nH]1. The Kier molecular flexibility index (Phi) is 6.42. The summed E-state index contributed by atoms with van der Waals surface area (Å²) in [5, 5.41) is 11.9. The number of unbranched alkanes of at least 4 members (excludes halogenated alkanes) is 1. The molecule has 6 heteroatoms. The lowest BCUT2D eigenvalue weighted by atomic mass is 9.70. The van der Waals surface area contributed by atoms with Gasteiger partial charge in [0.05, 0.1) is 11.3 Å². The van der Waals surface area contributed by atoms with Crippen LogP contribution in [0.2, 0.25) is 5.15 Å². The predicted octanol–water partition coefficient (Wildman–Crippen LogP) is 3.41. The van der Waals surface area contributed by atoms with Gasteiger partial charge in [-0.1, -0.05) is 31.9 Å². The fraction of sp³-hybridized carbons (Fsp3) is 0.842. The summed E-state index contributed by atoms with van der Waals surface area (Å²) in [6.45, 7) is 8.52. The van der Waals surface area contributed by atoms with E-state index in [9.17, 15) is 5.11 Å². The highest BCUT2D eigenvalue weighted by atomic mass is 35.5. The number of rotatable bonds is 6. The molecule has 0 saturated carbocycles. The molecule has 1 aromatic rings. The van der Waals surface area contributed by atoms with Crippen molar-refractivity contribution in [1.82, 2.24) is 14.9 Å². The fourth-order valence-corrected chi connectivity index (χ4v) is 4.61. The lowest BCUT2D eigenvalue weighted by Gasteiger charge is -2.48. The number of imidazole rings is 1. The number of hydrogen-bond acceptors (Lipinski definition) is 4. The van der Waals surface area contributed by atoms with Gasteiger partial charge in [-0.2, -0.15) is 0 Å². The molecule has 0 spiro atoms. The Morgan fingerprint density at radius 1 is 1.40 bits per heavy atom. The minimum atomic E-state index is -0.551. The molecule has 2 fully saturated rings. The number of H-pyrrole nitrogens is 1. The summed E-state index contributed by atoms with van der Waals surface area (Å²) in [6, 6.07) is 0. The Labute approximate surface area is 156 Å². The van der Waals surface area contributed by atoms with Crippen LogP contribution in [-0.2, 0) is 17.7 Å². The Bertz CT molecular complexity index is 559. The number of ether oxygens (including phenoxy) is 1. The van der Waals surface area contributed by atoms with Gasteiger partial charge in [0.1, 0.15) is 5.82 Å². The van der Waals surface area contributed by atoms with Crippen molar-refractivity contribution >= 4 is 11.6 Å². The number of likely N-dealkylation sites (tertiary alicyclic amines) is 1. The van der Waals surface area contributed by atoms with E-state index < -0.39 is 5.60 Å². The van der Waals surface area contributed by atoms with E-state index in [1.54, 1.807) is 0 Å². The minimum Gasteiger partial charge on any atom is -0.389 e. The van der Waals surface area contributed by atoms with E-state index in [-0.39, 0.29) is 5.92 Å². The second-order valence-electron chi connectivity index (χ2n) is 7.82. The maximum absolute atomic E-state index is 11.3. The molecule has 2 saturated heterocycles. The molecule has 0 aliphatic carbocycles. The lowest BCUT2D eigenvalue weighted by molar-refractivity contribution is -0.131. The standard InChI is InChI=1S/C19H32ClN3O2/c1-3-4-5-17-21-16(18(20)22-17)13-23-9-8-19(24,14(2)12-23)15-6-10-25-11-7-15/h14-15,24H,3-13H2,1-2H3,(H,21,22)/t14-,19+/m1/s1. The Morgan fingerprint density at radius 2 is 2.16 bits per heavy atom. The summed E-state index contributed by atoms with van der Waals surface area (Å²) in [5.74, 6) is 1.62. The molecule has 25 heavy (non-hydrogen) atoms. The van der Waals surface area contributed by atoms with Crippen LogP contribution in [0.1, 0.15) is 57.5 Å². The third-order valence-electron chi connectivity index (χ3n) is 6.07. The zero-order valence-corrected chi connectivity index (χ0v) is 16.3. The lowest BCUT2D eigenvalue weighted by Crippen LogP contribution is -2.55. The van der Waals surface area contributed by atoms with Crippen LogP contribution in [0.5, 0.6) is 0 Å². The van der Waals surface area contributed by atoms with E-state index in [1.165, 1.54) is 0 Å². The number of nitrogens with one attached hydrogen (secondary N) is 1. The van der Waals surface area contributed by atoms with E-state index in [0.29, 0.717) is 11.1 Å². The normalized spacial score (nSPS) is 29.2. The molecule has 3 heterocycles. The fourth-order valence-electron chi connectivity index (χ4n) is 4.40. The van der Waals surface area contributed by atoms with E-state index in [0.717, 1.165) is 82.9 Å². The van der Waals surface area contributed by atoms with Crippen LogP contribution in [0.4, 0.5) is 0 Å². The maximum Gasteiger partial charge on any atom is 0.151 e. The van der Waals surface area contributed by atoms with Crippen molar-refractivity contribution in [1.29, 1.82) is 0 Å². The molecule has 1 aromatic heterocycles. The number of nitrogens with zero attached hydrogens (tertiary/aromatic N) is 2. The van der Waals surface area contributed by atoms with Gasteiger partial charge in [-0.05, 0) is 37.5 Å². The number of halogens is 1. The first kappa shape index (κ1) is 19.2. The number of aromatic nitrogens is 2. The van der Waals surface area contributed by atoms with Crippen molar-refractivity contribution in [2.24, 2.45) is 11.8 Å². The quantitative estimate of drug-likeness (QED) is 0.806. The highest BCUT2D eigenvalue weighted by Gasteiger charge is 2.45. The Hall–Kier alpha value is -0.620. The van der Waals surface area contributed by atoms with Crippen molar-refractivity contribution in [3.05, 3.63) is 16.7 Å². The zero-order chi connectivity index (χ0) is 17.9. The Balaban J connectivity index is 1.58. The minimum absolute atomic E-state index is 0.255. The van der Waals surface area contributed by atoms with Crippen molar-refractivity contribution in [3.63, 3.8) is 0 Å². The molecule has 2 aliphatic heterocycles. The van der Waals surface area contributed by atoms with Crippen LogP contribution in [0, 0.1) is 11.8 Å². The number of aromatic amines is 1. The average molecular weight is 370 g/mol. The molecule has 5 nitrogen and oxygen atoms in total. The topological polar surface area (TPSA) is 61.4 Å². The number of aryl methyl sites for hydroxylation is 1. The molecular formula is C19H32ClN3O2. The summed E-state index contributed by atoms with van der Waals surface area (Å²) in [7, 11) is 0. The van der Waals surface area contributed by atoms with Crippen LogP contribution in [0.25, 0.3) is 0 Å². The third-order valence-corrected chi connectivity index (χ3v) is 6.38. The monoisotopic (exact) mass is 369 g/mol. The molecule has 0 bridgehead atoms. The molecule has 0 radical (unpaired) electrons. The molecule has 2 aliphatic rings. The third kappa shape index (κ3) is 4.38. The van der Waals surface area contributed by atoms with Gasteiger partial charge in [0.15, 0.2) is 5.15 Å². The van der Waals surface area contributed by atoms with Gasteiger partial charge >= 0.3 is 0 Å². The van der Waals surface area contributed by atoms with Gasteiger partial charge in [-0.25, -0.2) is 4.98 Å². The van der Waals surface area contributed by atoms with Gasteiger partial charge in [0, 0.05) is 39.3 Å². The highest BCUT2D eigenvalue weighted by molar-refractivity contribution is 6.30. The van der Waals surface area contributed by atoms with Crippen molar-refractivity contribution < 1.29 is 9.84 Å². The van der Waals surface area contributed by atoms with Crippen LogP contribution in [-0.4, -0.2) is 51.9 Å².